The maximum Gasteiger partial charge on any atom is 0.222 e. The molecule has 1 rings (SSSR count). The summed E-state index contributed by atoms with van der Waals surface area (Å²) in [5, 5.41) is 9.84. The molecule has 1 fully saturated rings. The smallest absolute Gasteiger partial charge is 0.222 e. The first-order valence-corrected chi connectivity index (χ1v) is 7.30. The van der Waals surface area contributed by atoms with Crippen LogP contribution in [0.3, 0.4) is 0 Å². The summed E-state index contributed by atoms with van der Waals surface area (Å²) in [4.78, 5) is 13.9. The Balaban J connectivity index is 2.54. The Morgan fingerprint density at radius 3 is 2.61 bits per heavy atom. The second kappa shape index (κ2) is 6.55. The van der Waals surface area contributed by atoms with Gasteiger partial charge < -0.3 is 10.0 Å². The van der Waals surface area contributed by atoms with Gasteiger partial charge in [-0.25, -0.2) is 0 Å². The summed E-state index contributed by atoms with van der Waals surface area (Å²) in [6.07, 6.45) is 4.09. The van der Waals surface area contributed by atoms with Crippen molar-refractivity contribution in [1.29, 1.82) is 0 Å². The van der Waals surface area contributed by atoms with E-state index in [1.165, 1.54) is 0 Å². The first-order valence-electron chi connectivity index (χ1n) is 7.30. The minimum Gasteiger partial charge on any atom is -0.391 e. The van der Waals surface area contributed by atoms with Crippen molar-refractivity contribution in [3.63, 3.8) is 0 Å². The van der Waals surface area contributed by atoms with E-state index >= 15 is 0 Å². The van der Waals surface area contributed by atoms with Gasteiger partial charge in [0.15, 0.2) is 0 Å². The largest absolute Gasteiger partial charge is 0.391 e. The third-order valence-electron chi connectivity index (χ3n) is 4.08. The van der Waals surface area contributed by atoms with Crippen LogP contribution in [-0.2, 0) is 4.79 Å². The molecule has 0 aromatic carbocycles. The molecule has 0 aliphatic carbocycles. The number of β-amino-alcohol motifs (C(OH)–C–C–N with tert-alkyl or cyclic N) is 1. The quantitative estimate of drug-likeness (QED) is 0.839. The van der Waals surface area contributed by atoms with Crippen LogP contribution in [-0.4, -0.2) is 35.1 Å². The number of aliphatic hydroxyl groups is 1. The molecule has 1 aliphatic rings. The van der Waals surface area contributed by atoms with Crippen LogP contribution >= 0.6 is 0 Å². The van der Waals surface area contributed by atoms with E-state index in [9.17, 15) is 9.90 Å². The molecule has 0 bridgehead atoms. The molecule has 0 aromatic heterocycles. The molecule has 2 atom stereocenters. The Morgan fingerprint density at radius 2 is 2.06 bits per heavy atom. The Morgan fingerprint density at radius 1 is 1.39 bits per heavy atom. The van der Waals surface area contributed by atoms with Crippen LogP contribution in [0.5, 0.6) is 0 Å². The minimum absolute atomic E-state index is 0.219. The Labute approximate surface area is 112 Å². The average molecular weight is 255 g/mol. The summed E-state index contributed by atoms with van der Waals surface area (Å²) in [6, 6.07) is 0. The number of carbonyl (C=O) groups is 1. The van der Waals surface area contributed by atoms with Gasteiger partial charge in [-0.15, -0.1) is 0 Å². The number of likely N-dealkylation sites (tertiary alicyclic amines) is 1. The highest BCUT2D eigenvalue weighted by Crippen LogP contribution is 2.34. The molecule has 106 valence electrons. The maximum absolute atomic E-state index is 12.0. The summed E-state index contributed by atoms with van der Waals surface area (Å²) < 4.78 is 0. The molecular formula is C15H29NO2. The Hall–Kier alpha value is -0.570. The number of aliphatic hydroxyl groups excluding tert-OH is 1. The van der Waals surface area contributed by atoms with Gasteiger partial charge in [-0.2, -0.15) is 0 Å². The van der Waals surface area contributed by atoms with Gasteiger partial charge in [-0.1, -0.05) is 34.1 Å². The molecule has 1 N–H and O–H groups in total. The predicted octanol–water partition coefficient (Wildman–Crippen LogP) is 2.82. The lowest BCUT2D eigenvalue weighted by Gasteiger charge is -2.30. The first kappa shape index (κ1) is 15.5. The van der Waals surface area contributed by atoms with Gasteiger partial charge in [0, 0.05) is 19.5 Å². The fourth-order valence-corrected chi connectivity index (χ4v) is 2.77. The average Bonchev–Trinajstić information content (AvgIpc) is 2.41. The third-order valence-corrected chi connectivity index (χ3v) is 4.08. The van der Waals surface area contributed by atoms with Crippen LogP contribution in [0.15, 0.2) is 0 Å². The molecule has 1 saturated heterocycles. The van der Waals surface area contributed by atoms with Gasteiger partial charge in [-0.3, -0.25) is 4.79 Å². The van der Waals surface area contributed by atoms with Crippen molar-refractivity contribution in [2.75, 3.05) is 13.1 Å². The number of nitrogens with zero attached hydrogens (tertiary/aromatic N) is 1. The molecule has 1 aliphatic heterocycles. The summed E-state index contributed by atoms with van der Waals surface area (Å²) >= 11 is 0. The highest BCUT2D eigenvalue weighted by molar-refractivity contribution is 5.76. The van der Waals surface area contributed by atoms with Crippen LogP contribution < -0.4 is 0 Å². The van der Waals surface area contributed by atoms with Gasteiger partial charge >= 0.3 is 0 Å². The van der Waals surface area contributed by atoms with Gasteiger partial charge in [0.2, 0.25) is 5.91 Å². The molecule has 0 aromatic rings. The molecule has 0 spiro atoms. The van der Waals surface area contributed by atoms with Crippen molar-refractivity contribution in [2.24, 2.45) is 11.3 Å². The zero-order valence-electron chi connectivity index (χ0n) is 12.4. The van der Waals surface area contributed by atoms with Crippen LogP contribution in [0, 0.1) is 11.3 Å². The highest BCUT2D eigenvalue weighted by Gasteiger charge is 2.30. The predicted molar refractivity (Wildman–Crippen MR) is 74.3 cm³/mol. The highest BCUT2D eigenvalue weighted by atomic mass is 16.3. The van der Waals surface area contributed by atoms with Crippen molar-refractivity contribution in [3.8, 4) is 0 Å². The number of hydrogen-bond acceptors (Lipinski definition) is 2. The van der Waals surface area contributed by atoms with E-state index < -0.39 is 0 Å². The lowest BCUT2D eigenvalue weighted by Crippen LogP contribution is -2.37. The number of hydrogen-bond donors (Lipinski definition) is 1. The third kappa shape index (κ3) is 4.60. The lowest BCUT2D eigenvalue weighted by atomic mass is 9.77. The molecule has 3 nitrogen and oxygen atoms in total. The number of amides is 1. The fraction of sp³-hybridized carbons (Fsp3) is 0.933. The molecule has 1 amide bonds. The van der Waals surface area contributed by atoms with Crippen LogP contribution in [0.1, 0.15) is 59.8 Å². The van der Waals surface area contributed by atoms with Crippen molar-refractivity contribution in [1.82, 2.24) is 4.90 Å². The van der Waals surface area contributed by atoms with Crippen molar-refractivity contribution >= 4 is 5.91 Å². The molecule has 3 heteroatoms. The van der Waals surface area contributed by atoms with E-state index in [0.29, 0.717) is 18.9 Å². The van der Waals surface area contributed by atoms with Gasteiger partial charge in [0.25, 0.3) is 0 Å². The van der Waals surface area contributed by atoms with E-state index in [2.05, 4.69) is 27.7 Å². The molecule has 2 unspecified atom stereocenters. The normalized spacial score (nSPS) is 23.9. The zero-order valence-corrected chi connectivity index (χ0v) is 12.4. The Bertz CT molecular complexity index is 270. The second-order valence-corrected chi connectivity index (χ2v) is 6.67. The van der Waals surface area contributed by atoms with Crippen LogP contribution in [0.4, 0.5) is 0 Å². The topological polar surface area (TPSA) is 40.5 Å². The van der Waals surface area contributed by atoms with Crippen molar-refractivity contribution in [3.05, 3.63) is 0 Å². The Kier molecular flexibility index (Phi) is 5.64. The van der Waals surface area contributed by atoms with Crippen molar-refractivity contribution in [2.45, 2.75) is 65.9 Å². The van der Waals surface area contributed by atoms with E-state index in [1.807, 2.05) is 4.90 Å². The fourth-order valence-electron chi connectivity index (χ4n) is 2.77. The monoisotopic (exact) mass is 255 g/mol. The lowest BCUT2D eigenvalue weighted by molar-refractivity contribution is -0.132. The second-order valence-electron chi connectivity index (χ2n) is 6.67. The molecule has 18 heavy (non-hydrogen) atoms. The zero-order chi connectivity index (χ0) is 13.8. The molecule has 0 radical (unpaired) electrons. The summed E-state index contributed by atoms with van der Waals surface area (Å²) in [5.74, 6) is 0.826. The molecular weight excluding hydrogens is 226 g/mol. The summed E-state index contributed by atoms with van der Waals surface area (Å²) in [7, 11) is 0. The summed E-state index contributed by atoms with van der Waals surface area (Å²) in [5.41, 5.74) is 0.276. The van der Waals surface area contributed by atoms with E-state index in [-0.39, 0.29) is 17.4 Å². The van der Waals surface area contributed by atoms with Gasteiger partial charge in [0.05, 0.1) is 6.10 Å². The van der Waals surface area contributed by atoms with E-state index in [0.717, 1.165) is 32.2 Å². The minimum atomic E-state index is -0.356. The number of rotatable bonds is 4. The van der Waals surface area contributed by atoms with E-state index in [4.69, 9.17) is 0 Å². The van der Waals surface area contributed by atoms with Crippen LogP contribution in [0.25, 0.3) is 0 Å². The summed E-state index contributed by atoms with van der Waals surface area (Å²) in [6.45, 7) is 10.1. The molecule has 0 saturated carbocycles. The van der Waals surface area contributed by atoms with Crippen LogP contribution in [0.2, 0.25) is 0 Å². The standard InChI is InChI=1S/C15H29NO2/c1-5-6-13(17)11-16-10-9-12(15(2,3)4)7-8-14(16)18/h12-13,17H,5-11H2,1-4H3. The van der Waals surface area contributed by atoms with Gasteiger partial charge in [-0.05, 0) is 30.6 Å². The molecule has 1 heterocycles. The number of carbonyl (C=O) groups excluding carboxylic acids is 1. The van der Waals surface area contributed by atoms with E-state index in [1.54, 1.807) is 0 Å². The maximum atomic E-state index is 12.0. The van der Waals surface area contributed by atoms with Gasteiger partial charge in [0.1, 0.15) is 0 Å². The first-order chi connectivity index (χ1) is 8.34. The SMILES string of the molecule is CCCC(O)CN1CCC(C(C)(C)C)CCC1=O. The van der Waals surface area contributed by atoms with Crippen molar-refractivity contribution < 1.29 is 9.90 Å².